The van der Waals surface area contributed by atoms with E-state index in [2.05, 4.69) is 15.3 Å². The lowest BCUT2D eigenvalue weighted by atomic mass is 10.1. The fourth-order valence-corrected chi connectivity index (χ4v) is 3.01. The highest BCUT2D eigenvalue weighted by Crippen LogP contribution is 2.24. The Bertz CT molecular complexity index is 888. The van der Waals surface area contributed by atoms with Crippen molar-refractivity contribution in [2.24, 2.45) is 0 Å². The van der Waals surface area contributed by atoms with E-state index in [9.17, 15) is 14.7 Å². The third kappa shape index (κ3) is 4.65. The summed E-state index contributed by atoms with van der Waals surface area (Å²) in [5.41, 5.74) is 2.15. The summed E-state index contributed by atoms with van der Waals surface area (Å²) in [7, 11) is 0. The Balaban J connectivity index is 1.65. The van der Waals surface area contributed by atoms with Gasteiger partial charge in [-0.25, -0.2) is 4.98 Å². The van der Waals surface area contributed by atoms with Crippen LogP contribution >= 0.6 is 0 Å². The molecule has 2 heterocycles. The summed E-state index contributed by atoms with van der Waals surface area (Å²) in [6.07, 6.45) is 0.395. The summed E-state index contributed by atoms with van der Waals surface area (Å²) in [6, 6.07) is 5.04. The maximum Gasteiger partial charge on any atom is 0.255 e. The van der Waals surface area contributed by atoms with Crippen LogP contribution in [0.3, 0.4) is 0 Å². The quantitative estimate of drug-likeness (QED) is 0.687. The minimum absolute atomic E-state index is 0.0221. The number of aromatic amines is 1. The van der Waals surface area contributed by atoms with Gasteiger partial charge in [0.2, 0.25) is 11.9 Å². The topological polar surface area (TPSA) is 108 Å². The largest absolute Gasteiger partial charge is 0.506 e. The van der Waals surface area contributed by atoms with E-state index < -0.39 is 0 Å². The zero-order chi connectivity index (χ0) is 19.4. The molecular weight excluding hydrogens is 348 g/mol. The molecule has 1 amide bonds. The second kappa shape index (κ2) is 8.22. The van der Waals surface area contributed by atoms with Crippen molar-refractivity contribution in [3.05, 3.63) is 45.4 Å². The Kier molecular flexibility index (Phi) is 5.75. The number of hydrogen-bond donors (Lipinski definition) is 3. The lowest BCUT2D eigenvalue weighted by Gasteiger charge is -2.27. The lowest BCUT2D eigenvalue weighted by Crippen LogP contribution is -2.38. The standard InChI is InChI=1S/C19H24N4O4/c1-12-3-5-15(16(24)11-12)21-17(25)6-4-14-13(2)20-19(22-18(14)26)23-7-9-27-10-8-23/h3,5,11,24H,4,6-10H2,1-2H3,(H,21,25)(H,20,22,26). The number of rotatable bonds is 5. The number of aromatic nitrogens is 2. The third-order valence-corrected chi connectivity index (χ3v) is 4.55. The summed E-state index contributed by atoms with van der Waals surface area (Å²) in [5.74, 6) is 0.290. The van der Waals surface area contributed by atoms with Gasteiger partial charge >= 0.3 is 0 Å². The van der Waals surface area contributed by atoms with E-state index >= 15 is 0 Å². The van der Waals surface area contributed by atoms with E-state index in [0.717, 1.165) is 5.56 Å². The van der Waals surface area contributed by atoms with Crippen molar-refractivity contribution in [2.75, 3.05) is 36.5 Å². The molecule has 1 aromatic heterocycles. The molecule has 0 spiro atoms. The predicted octanol–water partition coefficient (Wildman–Crippen LogP) is 1.50. The van der Waals surface area contributed by atoms with Gasteiger partial charge in [-0.15, -0.1) is 0 Å². The van der Waals surface area contributed by atoms with Gasteiger partial charge in [-0.2, -0.15) is 0 Å². The number of aryl methyl sites for hydroxylation is 2. The van der Waals surface area contributed by atoms with Crippen LogP contribution in [-0.2, 0) is 16.0 Å². The molecule has 3 N–H and O–H groups in total. The first-order valence-electron chi connectivity index (χ1n) is 8.96. The van der Waals surface area contributed by atoms with Crippen molar-refractivity contribution >= 4 is 17.5 Å². The van der Waals surface area contributed by atoms with Crippen molar-refractivity contribution in [3.8, 4) is 5.75 Å². The van der Waals surface area contributed by atoms with Gasteiger partial charge < -0.3 is 20.1 Å². The number of H-pyrrole nitrogens is 1. The number of anilines is 2. The third-order valence-electron chi connectivity index (χ3n) is 4.55. The molecule has 0 aliphatic carbocycles. The van der Waals surface area contributed by atoms with Crippen LogP contribution in [0.15, 0.2) is 23.0 Å². The van der Waals surface area contributed by atoms with Crippen LogP contribution in [0.4, 0.5) is 11.6 Å². The van der Waals surface area contributed by atoms with Gasteiger partial charge in [-0.1, -0.05) is 6.07 Å². The molecule has 0 unspecified atom stereocenters. The molecule has 1 fully saturated rings. The van der Waals surface area contributed by atoms with E-state index in [1.54, 1.807) is 25.1 Å². The number of carbonyl (C=O) groups excluding carboxylic acids is 1. The Morgan fingerprint density at radius 3 is 2.74 bits per heavy atom. The van der Waals surface area contributed by atoms with Crippen LogP contribution in [0, 0.1) is 13.8 Å². The minimum Gasteiger partial charge on any atom is -0.506 e. The van der Waals surface area contributed by atoms with E-state index in [1.165, 1.54) is 0 Å². The highest BCUT2D eigenvalue weighted by molar-refractivity contribution is 5.92. The number of carbonyl (C=O) groups is 1. The van der Waals surface area contributed by atoms with Gasteiger partial charge in [0.05, 0.1) is 18.9 Å². The van der Waals surface area contributed by atoms with Crippen molar-refractivity contribution in [1.29, 1.82) is 0 Å². The number of amides is 1. The number of hydrogen-bond acceptors (Lipinski definition) is 6. The fourth-order valence-electron chi connectivity index (χ4n) is 3.01. The number of morpholine rings is 1. The molecule has 8 nitrogen and oxygen atoms in total. The highest BCUT2D eigenvalue weighted by atomic mass is 16.5. The van der Waals surface area contributed by atoms with Gasteiger partial charge in [-0.3, -0.25) is 14.6 Å². The normalized spacial score (nSPS) is 14.2. The van der Waals surface area contributed by atoms with Gasteiger partial charge in [-0.05, 0) is 38.0 Å². The molecule has 144 valence electrons. The number of benzene rings is 1. The van der Waals surface area contributed by atoms with E-state index in [-0.39, 0.29) is 30.1 Å². The summed E-state index contributed by atoms with van der Waals surface area (Å²) >= 11 is 0. The molecule has 8 heteroatoms. The molecule has 3 rings (SSSR count). The van der Waals surface area contributed by atoms with Gasteiger partial charge in [0, 0.05) is 30.8 Å². The maximum atomic E-state index is 12.4. The van der Waals surface area contributed by atoms with Crippen LogP contribution in [0.25, 0.3) is 0 Å². The van der Waals surface area contributed by atoms with Crippen LogP contribution in [0.2, 0.25) is 0 Å². The number of phenolic OH excluding ortho intramolecular Hbond substituents is 1. The number of nitrogens with zero attached hydrogens (tertiary/aromatic N) is 2. The fraction of sp³-hybridized carbons (Fsp3) is 0.421. The van der Waals surface area contributed by atoms with Crippen molar-refractivity contribution in [2.45, 2.75) is 26.7 Å². The Labute approximate surface area is 157 Å². The van der Waals surface area contributed by atoms with Crippen LogP contribution in [0.1, 0.15) is 23.2 Å². The first-order chi connectivity index (χ1) is 12.9. The lowest BCUT2D eigenvalue weighted by molar-refractivity contribution is -0.116. The summed E-state index contributed by atoms with van der Waals surface area (Å²) in [6.45, 7) is 6.22. The van der Waals surface area contributed by atoms with E-state index in [0.29, 0.717) is 49.2 Å². The number of ether oxygens (including phenoxy) is 1. The molecule has 1 aliphatic heterocycles. The smallest absolute Gasteiger partial charge is 0.255 e. The van der Waals surface area contributed by atoms with Gasteiger partial charge in [0.15, 0.2) is 0 Å². The Hall–Kier alpha value is -2.87. The highest BCUT2D eigenvalue weighted by Gasteiger charge is 2.17. The molecule has 1 aromatic carbocycles. The van der Waals surface area contributed by atoms with Crippen molar-refractivity contribution in [1.82, 2.24) is 9.97 Å². The number of phenols is 1. The number of nitrogens with one attached hydrogen (secondary N) is 2. The molecule has 2 aromatic rings. The molecular formula is C19H24N4O4. The molecule has 0 saturated carbocycles. The average Bonchev–Trinajstić information content (AvgIpc) is 2.64. The van der Waals surface area contributed by atoms with E-state index in [4.69, 9.17) is 4.74 Å². The summed E-state index contributed by atoms with van der Waals surface area (Å²) in [4.78, 5) is 33.9. The zero-order valence-electron chi connectivity index (χ0n) is 15.5. The monoisotopic (exact) mass is 372 g/mol. The number of aromatic hydroxyl groups is 1. The van der Waals surface area contributed by atoms with Crippen LogP contribution < -0.4 is 15.8 Å². The first-order valence-corrected chi connectivity index (χ1v) is 8.96. The second-order valence-electron chi connectivity index (χ2n) is 6.62. The van der Waals surface area contributed by atoms with Crippen LogP contribution in [0.5, 0.6) is 5.75 Å². The SMILES string of the molecule is Cc1ccc(NC(=O)CCc2c(C)nc(N3CCOCC3)[nH]c2=O)c(O)c1. The zero-order valence-corrected chi connectivity index (χ0v) is 15.5. The Morgan fingerprint density at radius 2 is 2.07 bits per heavy atom. The van der Waals surface area contributed by atoms with E-state index in [1.807, 2.05) is 11.8 Å². The Morgan fingerprint density at radius 1 is 1.33 bits per heavy atom. The molecule has 1 saturated heterocycles. The van der Waals surface area contributed by atoms with Crippen LogP contribution in [-0.4, -0.2) is 47.3 Å². The molecule has 27 heavy (non-hydrogen) atoms. The minimum atomic E-state index is -0.273. The summed E-state index contributed by atoms with van der Waals surface area (Å²) in [5, 5.41) is 12.5. The second-order valence-corrected chi connectivity index (χ2v) is 6.62. The summed E-state index contributed by atoms with van der Waals surface area (Å²) < 4.78 is 5.31. The molecule has 0 radical (unpaired) electrons. The predicted molar refractivity (Wildman–Crippen MR) is 102 cm³/mol. The van der Waals surface area contributed by atoms with Gasteiger partial charge in [0.1, 0.15) is 5.75 Å². The maximum absolute atomic E-state index is 12.4. The molecule has 1 aliphatic rings. The van der Waals surface area contributed by atoms with Crippen molar-refractivity contribution < 1.29 is 14.6 Å². The van der Waals surface area contributed by atoms with Gasteiger partial charge in [0.25, 0.3) is 5.56 Å². The average molecular weight is 372 g/mol. The van der Waals surface area contributed by atoms with Crippen molar-refractivity contribution in [3.63, 3.8) is 0 Å². The first kappa shape index (κ1) is 18.9. The molecule has 0 bridgehead atoms. The molecule has 0 atom stereocenters.